The largest absolute Gasteiger partial charge is 0.496 e. The maximum atomic E-state index is 13.8. The van der Waals surface area contributed by atoms with Crippen LogP contribution in [0, 0.1) is 13.8 Å². The summed E-state index contributed by atoms with van der Waals surface area (Å²) in [4.78, 5) is 4.81. The average molecular weight is 442 g/mol. The number of ether oxygens (including phenoxy) is 1. The Morgan fingerprint density at radius 1 is 1.10 bits per heavy atom. The highest BCUT2D eigenvalue weighted by Crippen LogP contribution is 2.39. The smallest absolute Gasteiger partial charge is 0.413 e. The van der Waals surface area contributed by atoms with Crippen molar-refractivity contribution in [2.24, 2.45) is 4.99 Å². The number of methoxy groups -OCH3 is 1. The van der Waals surface area contributed by atoms with Crippen LogP contribution in [0.15, 0.2) is 46.3 Å². The Balaban J connectivity index is 2.16. The van der Waals surface area contributed by atoms with Gasteiger partial charge in [0.25, 0.3) is 0 Å². The molecule has 2 aromatic rings. The molecule has 0 fully saturated rings. The molecule has 30 heavy (non-hydrogen) atoms. The highest BCUT2D eigenvalue weighted by Gasteiger charge is 2.53. The van der Waals surface area contributed by atoms with Crippen molar-refractivity contribution in [3.63, 3.8) is 0 Å². The zero-order valence-electron chi connectivity index (χ0n) is 16.7. The summed E-state index contributed by atoms with van der Waals surface area (Å²) >= 11 is 0. The second kappa shape index (κ2) is 7.59. The van der Waals surface area contributed by atoms with Gasteiger partial charge in [0.05, 0.1) is 12.0 Å². The van der Waals surface area contributed by atoms with Gasteiger partial charge in [0.2, 0.25) is 0 Å². The Morgan fingerprint density at radius 2 is 1.63 bits per heavy atom. The number of alkyl halides is 3. The Morgan fingerprint density at radius 3 is 2.07 bits per heavy atom. The molecular weight excluding hydrogens is 421 g/mol. The van der Waals surface area contributed by atoms with Gasteiger partial charge in [-0.25, -0.2) is 13.4 Å². The topological polar surface area (TPSA) is 79.2 Å². The SMILES string of the molecule is COc1c(C)cc(N2C(c3ccc(S(C)(=O)=O)cc3)=NC(O)C2C(F)(F)F)cc1C. The van der Waals surface area contributed by atoms with E-state index in [1.165, 1.54) is 43.5 Å². The molecule has 10 heteroatoms. The molecule has 3 rings (SSSR count). The molecule has 6 nitrogen and oxygen atoms in total. The molecule has 2 unspecified atom stereocenters. The van der Waals surface area contributed by atoms with Crippen molar-refractivity contribution >= 4 is 21.4 Å². The van der Waals surface area contributed by atoms with E-state index in [-0.39, 0.29) is 22.0 Å². The number of benzene rings is 2. The lowest BCUT2D eigenvalue weighted by atomic mass is 10.1. The van der Waals surface area contributed by atoms with E-state index in [1.54, 1.807) is 13.8 Å². The first-order chi connectivity index (χ1) is 13.8. The third-order valence-corrected chi connectivity index (χ3v) is 5.98. The number of aliphatic imine (C=N–C) groups is 1. The number of halogens is 3. The number of amidine groups is 1. The molecule has 0 spiro atoms. The Kier molecular flexibility index (Phi) is 5.59. The van der Waals surface area contributed by atoms with E-state index in [0.29, 0.717) is 16.9 Å². The van der Waals surface area contributed by atoms with E-state index in [4.69, 9.17) is 4.74 Å². The fourth-order valence-electron chi connectivity index (χ4n) is 3.57. The summed E-state index contributed by atoms with van der Waals surface area (Å²) in [6.45, 7) is 3.42. The van der Waals surface area contributed by atoms with Gasteiger partial charge in [-0.3, -0.25) is 0 Å². The van der Waals surface area contributed by atoms with Crippen LogP contribution in [-0.2, 0) is 9.84 Å². The lowest BCUT2D eigenvalue weighted by Gasteiger charge is -2.31. The van der Waals surface area contributed by atoms with Crippen molar-refractivity contribution in [3.05, 3.63) is 53.1 Å². The van der Waals surface area contributed by atoms with E-state index in [0.717, 1.165) is 11.2 Å². The zero-order chi connectivity index (χ0) is 22.4. The number of rotatable bonds is 4. The maximum absolute atomic E-state index is 13.8. The van der Waals surface area contributed by atoms with E-state index in [2.05, 4.69) is 4.99 Å². The summed E-state index contributed by atoms with van der Waals surface area (Å²) in [7, 11) is -1.99. The number of anilines is 1. The second-order valence-electron chi connectivity index (χ2n) is 7.13. The number of aliphatic hydroxyl groups excluding tert-OH is 1. The number of hydrogen-bond acceptors (Lipinski definition) is 6. The van der Waals surface area contributed by atoms with Gasteiger partial charge in [-0.1, -0.05) is 0 Å². The lowest BCUT2D eigenvalue weighted by molar-refractivity contribution is -0.163. The van der Waals surface area contributed by atoms with Crippen molar-refractivity contribution in [2.75, 3.05) is 18.3 Å². The number of sulfone groups is 1. The van der Waals surface area contributed by atoms with E-state index < -0.39 is 28.3 Å². The molecule has 1 aliphatic rings. The van der Waals surface area contributed by atoms with Crippen molar-refractivity contribution < 1.29 is 31.4 Å². The summed E-state index contributed by atoms with van der Waals surface area (Å²) in [6.07, 6.45) is -5.76. The fourth-order valence-corrected chi connectivity index (χ4v) is 4.21. The monoisotopic (exact) mass is 442 g/mol. The van der Waals surface area contributed by atoms with Crippen LogP contribution in [0.2, 0.25) is 0 Å². The molecule has 0 amide bonds. The van der Waals surface area contributed by atoms with Crippen LogP contribution in [0.1, 0.15) is 16.7 Å². The lowest BCUT2D eigenvalue weighted by Crippen LogP contribution is -2.50. The highest BCUT2D eigenvalue weighted by atomic mass is 32.2. The molecule has 0 radical (unpaired) electrons. The number of hydrogen-bond donors (Lipinski definition) is 1. The molecule has 1 N–H and O–H groups in total. The predicted molar refractivity (Wildman–Crippen MR) is 107 cm³/mol. The van der Waals surface area contributed by atoms with E-state index in [1.807, 2.05) is 0 Å². The van der Waals surface area contributed by atoms with Crippen LogP contribution in [-0.4, -0.2) is 51.2 Å². The van der Waals surface area contributed by atoms with Crippen LogP contribution in [0.25, 0.3) is 0 Å². The molecular formula is C20H21F3N2O4S. The van der Waals surface area contributed by atoms with E-state index in [9.17, 15) is 26.7 Å². The minimum Gasteiger partial charge on any atom is -0.496 e. The Bertz CT molecular complexity index is 1070. The molecule has 0 bridgehead atoms. The minimum absolute atomic E-state index is 0.0282. The van der Waals surface area contributed by atoms with Crippen LogP contribution in [0.4, 0.5) is 18.9 Å². The highest BCUT2D eigenvalue weighted by molar-refractivity contribution is 7.90. The molecule has 1 aliphatic heterocycles. The van der Waals surface area contributed by atoms with Gasteiger partial charge < -0.3 is 14.7 Å². The summed E-state index contributed by atoms with van der Waals surface area (Å²) in [5.74, 6) is 0.451. The molecule has 0 saturated carbocycles. The quantitative estimate of drug-likeness (QED) is 0.787. The van der Waals surface area contributed by atoms with Crippen molar-refractivity contribution in [1.82, 2.24) is 0 Å². The molecule has 2 atom stereocenters. The average Bonchev–Trinajstić information content (AvgIpc) is 2.98. The first-order valence-electron chi connectivity index (χ1n) is 8.92. The molecule has 0 saturated heterocycles. The van der Waals surface area contributed by atoms with Gasteiger partial charge >= 0.3 is 6.18 Å². The van der Waals surface area contributed by atoms with Crippen molar-refractivity contribution in [2.45, 2.75) is 37.2 Å². The van der Waals surface area contributed by atoms with Gasteiger partial charge in [-0.2, -0.15) is 13.2 Å². The molecule has 1 heterocycles. The van der Waals surface area contributed by atoms with Crippen LogP contribution >= 0.6 is 0 Å². The molecule has 0 aliphatic carbocycles. The third kappa shape index (κ3) is 4.01. The summed E-state index contributed by atoms with van der Waals surface area (Å²) in [6, 6.07) is 6.11. The molecule has 0 aromatic heterocycles. The van der Waals surface area contributed by atoms with Gasteiger partial charge in [0.15, 0.2) is 22.1 Å². The minimum atomic E-state index is -4.76. The van der Waals surface area contributed by atoms with Crippen LogP contribution in [0.3, 0.4) is 0 Å². The van der Waals surface area contributed by atoms with Crippen LogP contribution in [0.5, 0.6) is 5.75 Å². The first-order valence-corrected chi connectivity index (χ1v) is 10.8. The van der Waals surface area contributed by atoms with Gasteiger partial charge in [-0.05, 0) is 61.4 Å². The summed E-state index contributed by atoms with van der Waals surface area (Å²) < 4.78 is 70.1. The van der Waals surface area contributed by atoms with Gasteiger partial charge in [0.1, 0.15) is 11.6 Å². The normalized spacial score (nSPS) is 19.7. The van der Waals surface area contributed by atoms with Crippen molar-refractivity contribution in [3.8, 4) is 5.75 Å². The number of nitrogens with zero attached hydrogens (tertiary/aromatic N) is 2. The molecule has 2 aromatic carbocycles. The van der Waals surface area contributed by atoms with Crippen molar-refractivity contribution in [1.29, 1.82) is 0 Å². The summed E-state index contributed by atoms with van der Waals surface area (Å²) in [5, 5.41) is 10.1. The molecule has 162 valence electrons. The predicted octanol–water partition coefficient (Wildman–Crippen LogP) is 3.23. The second-order valence-corrected chi connectivity index (χ2v) is 9.15. The first kappa shape index (κ1) is 22.1. The third-order valence-electron chi connectivity index (χ3n) is 4.85. The van der Waals surface area contributed by atoms with Gasteiger partial charge in [0, 0.05) is 17.5 Å². The Labute approximate surface area is 172 Å². The maximum Gasteiger partial charge on any atom is 0.413 e. The van der Waals surface area contributed by atoms with Crippen LogP contribution < -0.4 is 9.64 Å². The number of aliphatic hydroxyl groups is 1. The number of aryl methyl sites for hydroxylation is 2. The standard InChI is InChI=1S/C20H21F3N2O4S/c1-11-9-14(10-12(2)16(11)29-3)25-17(20(21,22)23)19(26)24-18(25)13-5-7-15(8-6-13)30(4,27)28/h5-10,17,19,26H,1-4H3. The Hall–Kier alpha value is -2.59. The zero-order valence-corrected chi connectivity index (χ0v) is 17.5. The summed E-state index contributed by atoms with van der Waals surface area (Å²) in [5.41, 5.74) is 1.69. The van der Waals surface area contributed by atoms with E-state index >= 15 is 0 Å². The fraction of sp³-hybridized carbons (Fsp3) is 0.350. The van der Waals surface area contributed by atoms with Gasteiger partial charge in [-0.15, -0.1) is 0 Å².